The second kappa shape index (κ2) is 8.58. The molecule has 2 aliphatic rings. The average Bonchev–Trinajstić information content (AvgIpc) is 2.73. The summed E-state index contributed by atoms with van der Waals surface area (Å²) in [5.74, 6) is -1.51. The second-order valence-electron chi connectivity index (χ2n) is 9.33. The molecular weight excluding hydrogens is 467 g/mol. The topological polar surface area (TPSA) is 71.1 Å². The van der Waals surface area contributed by atoms with Crippen molar-refractivity contribution in [1.29, 1.82) is 0 Å². The number of Topliss-reactive ketones (excluding diaryl/α,β-unsaturated/α-hetero) is 1. The van der Waals surface area contributed by atoms with E-state index in [2.05, 4.69) is 15.6 Å². The van der Waals surface area contributed by atoms with E-state index < -0.39 is 23.6 Å². The van der Waals surface area contributed by atoms with E-state index in [1.807, 2.05) is 13.8 Å². The summed E-state index contributed by atoms with van der Waals surface area (Å²) < 4.78 is 39.6. The third kappa shape index (κ3) is 4.59. The van der Waals surface area contributed by atoms with Crippen molar-refractivity contribution in [1.82, 2.24) is 10.3 Å². The Morgan fingerprint density at radius 2 is 1.94 bits per heavy atom. The number of anilines is 1. The standard InChI is InChI=1S/C25H23ClF3N3O2/c1-13-20(23(34)32-17-10-14(25(27,28)29)7-8-15(17)26)22(16-6-4-5-9-30-16)21-18(31-13)11-24(2,3)12-19(21)33/h4-10,22,31H,11-12H2,1-3H3,(H,32,34)/t22-/m1/s1. The van der Waals surface area contributed by atoms with Crippen LogP contribution in [0.15, 0.2) is 65.1 Å². The summed E-state index contributed by atoms with van der Waals surface area (Å²) in [6.45, 7) is 5.71. The minimum absolute atomic E-state index is 0.0341. The Bertz CT molecular complexity index is 1230. The molecule has 1 aliphatic carbocycles. The zero-order chi connectivity index (χ0) is 24.8. The number of halogens is 4. The monoisotopic (exact) mass is 489 g/mol. The molecule has 1 aromatic carbocycles. The molecule has 2 aromatic rings. The van der Waals surface area contributed by atoms with Gasteiger partial charge in [0, 0.05) is 35.2 Å². The Labute approximate surface area is 200 Å². The number of nitrogens with zero attached hydrogens (tertiary/aromatic N) is 1. The van der Waals surface area contributed by atoms with Crippen molar-refractivity contribution in [2.45, 2.75) is 45.7 Å². The first-order valence-electron chi connectivity index (χ1n) is 10.7. The molecule has 0 fully saturated rings. The van der Waals surface area contributed by atoms with E-state index in [4.69, 9.17) is 11.6 Å². The summed E-state index contributed by atoms with van der Waals surface area (Å²) >= 11 is 6.09. The van der Waals surface area contributed by atoms with E-state index >= 15 is 0 Å². The summed E-state index contributed by atoms with van der Waals surface area (Å²) in [7, 11) is 0. The van der Waals surface area contributed by atoms with Crippen LogP contribution in [0.2, 0.25) is 5.02 Å². The highest BCUT2D eigenvalue weighted by Crippen LogP contribution is 2.46. The Morgan fingerprint density at radius 1 is 1.21 bits per heavy atom. The zero-order valence-electron chi connectivity index (χ0n) is 18.8. The van der Waals surface area contributed by atoms with Crippen molar-refractivity contribution >= 4 is 29.0 Å². The zero-order valence-corrected chi connectivity index (χ0v) is 19.6. The fourth-order valence-corrected chi connectivity index (χ4v) is 4.73. The highest BCUT2D eigenvalue weighted by atomic mass is 35.5. The van der Waals surface area contributed by atoms with E-state index in [1.165, 1.54) is 0 Å². The smallest absolute Gasteiger partial charge is 0.362 e. The highest BCUT2D eigenvalue weighted by molar-refractivity contribution is 6.34. The number of nitrogens with one attached hydrogen (secondary N) is 2. The normalized spacial score (nSPS) is 20.1. The minimum Gasteiger partial charge on any atom is -0.362 e. The van der Waals surface area contributed by atoms with Crippen LogP contribution in [-0.2, 0) is 15.8 Å². The first kappa shape index (κ1) is 24.0. The molecule has 1 atom stereocenters. The number of benzene rings is 1. The fraction of sp³-hybridized carbons (Fsp3) is 0.320. The third-order valence-electron chi connectivity index (χ3n) is 6.01. The summed E-state index contributed by atoms with van der Waals surface area (Å²) in [6.07, 6.45) is -2.10. The predicted molar refractivity (Wildman–Crippen MR) is 123 cm³/mol. The molecular formula is C25H23ClF3N3O2. The molecule has 0 spiro atoms. The molecule has 0 unspecified atom stereocenters. The summed E-state index contributed by atoms with van der Waals surface area (Å²) in [5.41, 5.74) is 1.06. The number of carbonyl (C=O) groups excluding carboxylic acids is 2. The average molecular weight is 490 g/mol. The molecule has 1 aromatic heterocycles. The van der Waals surface area contributed by atoms with Crippen LogP contribution in [0.1, 0.15) is 50.8 Å². The van der Waals surface area contributed by atoms with Gasteiger partial charge in [0.15, 0.2) is 5.78 Å². The molecule has 0 radical (unpaired) electrons. The Morgan fingerprint density at radius 3 is 2.59 bits per heavy atom. The SMILES string of the molecule is CC1=C(C(=O)Nc2cc(C(F)(F)F)ccc2Cl)[C@@H](c2ccccn2)C2=C(CC(C)(C)CC2=O)N1. The van der Waals surface area contributed by atoms with Crippen LogP contribution in [0.4, 0.5) is 18.9 Å². The Balaban J connectivity index is 1.78. The van der Waals surface area contributed by atoms with Crippen molar-refractivity contribution in [2.24, 2.45) is 5.41 Å². The predicted octanol–water partition coefficient (Wildman–Crippen LogP) is 6.00. The van der Waals surface area contributed by atoms with Gasteiger partial charge in [-0.15, -0.1) is 0 Å². The van der Waals surface area contributed by atoms with Gasteiger partial charge in [0.1, 0.15) is 0 Å². The number of dihydropyridines is 1. The Hall–Kier alpha value is -3.13. The van der Waals surface area contributed by atoms with E-state index in [1.54, 1.807) is 31.3 Å². The summed E-state index contributed by atoms with van der Waals surface area (Å²) in [6, 6.07) is 7.94. The number of rotatable bonds is 3. The lowest BCUT2D eigenvalue weighted by molar-refractivity contribution is -0.137. The highest BCUT2D eigenvalue weighted by Gasteiger charge is 2.43. The van der Waals surface area contributed by atoms with Gasteiger partial charge in [-0.3, -0.25) is 14.6 Å². The maximum atomic E-state index is 13.5. The fourth-order valence-electron chi connectivity index (χ4n) is 4.57. The molecule has 0 bridgehead atoms. The number of hydrogen-bond donors (Lipinski definition) is 2. The first-order valence-corrected chi connectivity index (χ1v) is 11.1. The van der Waals surface area contributed by atoms with Crippen molar-refractivity contribution in [2.75, 3.05) is 5.32 Å². The maximum absolute atomic E-state index is 13.5. The molecule has 2 heterocycles. The minimum atomic E-state index is -4.59. The van der Waals surface area contributed by atoms with Crippen LogP contribution in [-0.4, -0.2) is 16.7 Å². The lowest BCUT2D eigenvalue weighted by Crippen LogP contribution is -2.39. The number of alkyl halides is 3. The number of carbonyl (C=O) groups is 2. The summed E-state index contributed by atoms with van der Waals surface area (Å²) in [5, 5.41) is 5.69. The molecule has 0 saturated carbocycles. The van der Waals surface area contributed by atoms with Gasteiger partial charge in [-0.25, -0.2) is 0 Å². The first-order chi connectivity index (χ1) is 15.9. The van der Waals surface area contributed by atoms with Gasteiger partial charge >= 0.3 is 6.18 Å². The van der Waals surface area contributed by atoms with Gasteiger partial charge in [0.05, 0.1) is 27.9 Å². The van der Waals surface area contributed by atoms with E-state index in [9.17, 15) is 22.8 Å². The number of aromatic nitrogens is 1. The molecule has 4 rings (SSSR count). The molecule has 34 heavy (non-hydrogen) atoms. The van der Waals surface area contributed by atoms with E-state index in [0.717, 1.165) is 23.9 Å². The maximum Gasteiger partial charge on any atom is 0.416 e. The van der Waals surface area contributed by atoms with Crippen LogP contribution in [0.5, 0.6) is 0 Å². The number of hydrogen-bond acceptors (Lipinski definition) is 4. The van der Waals surface area contributed by atoms with Crippen LogP contribution in [0, 0.1) is 5.41 Å². The summed E-state index contributed by atoms with van der Waals surface area (Å²) in [4.78, 5) is 31.1. The van der Waals surface area contributed by atoms with Crippen LogP contribution >= 0.6 is 11.6 Å². The molecule has 9 heteroatoms. The van der Waals surface area contributed by atoms with E-state index in [-0.39, 0.29) is 27.5 Å². The van der Waals surface area contributed by atoms with Gasteiger partial charge < -0.3 is 10.6 Å². The van der Waals surface area contributed by atoms with Crippen molar-refractivity contribution in [3.63, 3.8) is 0 Å². The van der Waals surface area contributed by atoms with Crippen molar-refractivity contribution in [3.8, 4) is 0 Å². The quantitative estimate of drug-likeness (QED) is 0.555. The van der Waals surface area contributed by atoms with Gasteiger partial charge in [0.25, 0.3) is 5.91 Å². The molecule has 2 N–H and O–H groups in total. The largest absolute Gasteiger partial charge is 0.416 e. The van der Waals surface area contributed by atoms with Crippen molar-refractivity contribution < 1.29 is 22.8 Å². The molecule has 5 nitrogen and oxygen atoms in total. The lowest BCUT2D eigenvalue weighted by atomic mass is 9.69. The van der Waals surface area contributed by atoms with Crippen molar-refractivity contribution in [3.05, 3.63) is 81.4 Å². The molecule has 1 aliphatic heterocycles. The third-order valence-corrected chi connectivity index (χ3v) is 6.34. The molecule has 0 saturated heterocycles. The molecule has 1 amide bonds. The molecule has 178 valence electrons. The van der Waals surface area contributed by atoms with Crippen LogP contribution in [0.25, 0.3) is 0 Å². The Kier molecular flexibility index (Phi) is 6.06. The second-order valence-corrected chi connectivity index (χ2v) is 9.74. The van der Waals surface area contributed by atoms with Gasteiger partial charge in [-0.1, -0.05) is 31.5 Å². The van der Waals surface area contributed by atoms with Crippen LogP contribution < -0.4 is 10.6 Å². The number of pyridine rings is 1. The van der Waals surface area contributed by atoms with Gasteiger partial charge in [-0.2, -0.15) is 13.2 Å². The number of amides is 1. The number of ketones is 1. The number of allylic oxidation sites excluding steroid dienone is 3. The van der Waals surface area contributed by atoms with Crippen LogP contribution in [0.3, 0.4) is 0 Å². The van der Waals surface area contributed by atoms with Gasteiger partial charge in [-0.05, 0) is 49.1 Å². The van der Waals surface area contributed by atoms with Gasteiger partial charge in [0.2, 0.25) is 0 Å². The van der Waals surface area contributed by atoms with E-state index in [0.29, 0.717) is 29.8 Å². The lowest BCUT2D eigenvalue weighted by Gasteiger charge is -2.39.